The van der Waals surface area contributed by atoms with Gasteiger partial charge in [-0.25, -0.2) is 0 Å². The molecule has 0 N–H and O–H groups in total. The molecular formula is C48H28S2. The summed E-state index contributed by atoms with van der Waals surface area (Å²) in [6.45, 7) is 0. The lowest BCUT2D eigenvalue weighted by atomic mass is 9.95. The fourth-order valence-corrected chi connectivity index (χ4v) is 10.7. The Hall–Kier alpha value is -5.80. The second-order valence-corrected chi connectivity index (χ2v) is 15.4. The van der Waals surface area contributed by atoms with Crippen molar-refractivity contribution in [1.29, 1.82) is 0 Å². The zero-order chi connectivity index (χ0) is 32.8. The van der Waals surface area contributed by atoms with Crippen LogP contribution in [-0.4, -0.2) is 0 Å². The van der Waals surface area contributed by atoms with Gasteiger partial charge in [0.1, 0.15) is 0 Å². The van der Waals surface area contributed by atoms with Crippen LogP contribution in [0.3, 0.4) is 0 Å². The van der Waals surface area contributed by atoms with Crippen LogP contribution in [0.15, 0.2) is 170 Å². The first kappa shape index (κ1) is 28.1. The molecule has 0 nitrogen and oxygen atoms in total. The minimum absolute atomic E-state index is 1.24. The molecule has 0 spiro atoms. The number of thiophene rings is 2. The molecular weight excluding hydrogens is 641 g/mol. The summed E-state index contributed by atoms with van der Waals surface area (Å²) in [5.41, 5.74) is 7.55. The van der Waals surface area contributed by atoms with Gasteiger partial charge in [-0.15, -0.1) is 22.7 Å². The van der Waals surface area contributed by atoms with E-state index in [0.29, 0.717) is 0 Å². The van der Waals surface area contributed by atoms with Crippen LogP contribution in [0, 0.1) is 0 Å². The summed E-state index contributed by atoms with van der Waals surface area (Å²) in [4.78, 5) is 0. The Balaban J connectivity index is 1.06. The lowest BCUT2D eigenvalue weighted by Gasteiger charge is -2.09. The van der Waals surface area contributed by atoms with Gasteiger partial charge in [0.05, 0.1) is 9.40 Å². The molecule has 0 aliphatic carbocycles. The molecule has 0 saturated carbocycles. The molecule has 9 aromatic carbocycles. The zero-order valence-corrected chi connectivity index (χ0v) is 28.6. The van der Waals surface area contributed by atoms with Crippen LogP contribution in [0.25, 0.3) is 106 Å². The van der Waals surface area contributed by atoms with Crippen molar-refractivity contribution >= 4 is 95.3 Å². The maximum Gasteiger partial charge on any atom is 0.0540 e. The summed E-state index contributed by atoms with van der Waals surface area (Å²) >= 11 is 3.89. The number of rotatable bonds is 3. The molecule has 2 heterocycles. The van der Waals surface area contributed by atoms with Crippen LogP contribution in [0.2, 0.25) is 0 Å². The van der Waals surface area contributed by atoms with Gasteiger partial charge in [0.2, 0.25) is 0 Å². The van der Waals surface area contributed by atoms with E-state index in [0.717, 1.165) is 0 Å². The Morgan fingerprint density at radius 1 is 0.280 bits per heavy atom. The maximum absolute atomic E-state index is 2.40. The van der Waals surface area contributed by atoms with Crippen LogP contribution >= 0.6 is 22.7 Å². The van der Waals surface area contributed by atoms with E-state index in [2.05, 4.69) is 170 Å². The molecule has 2 heteroatoms. The standard InChI is InChI=1S/C48H28S2/c1-2-10-33-26-34(21-18-29(33)8-1)36-23-25-42-44(28-36)50-48-46(42)40-14-6-5-13-39(40)45-41-24-22-35(27-43(41)49-47(45)48)30-16-19-32(20-17-30)38-15-7-11-31-9-3-4-12-37(31)38/h1-28H. The highest BCUT2D eigenvalue weighted by Gasteiger charge is 2.19. The predicted octanol–water partition coefficient (Wildman–Crippen LogP) is 14.9. The van der Waals surface area contributed by atoms with Gasteiger partial charge in [0.15, 0.2) is 0 Å². The van der Waals surface area contributed by atoms with E-state index < -0.39 is 0 Å². The van der Waals surface area contributed by atoms with E-state index >= 15 is 0 Å². The highest BCUT2D eigenvalue weighted by atomic mass is 32.1. The molecule has 0 aliphatic heterocycles. The van der Waals surface area contributed by atoms with Gasteiger partial charge in [-0.3, -0.25) is 0 Å². The zero-order valence-electron chi connectivity index (χ0n) is 27.0. The molecule has 0 aliphatic rings. The molecule has 0 amide bonds. The molecule has 0 fully saturated rings. The Labute approximate surface area is 297 Å². The van der Waals surface area contributed by atoms with E-state index in [1.165, 1.54) is 106 Å². The second kappa shape index (κ2) is 10.9. The summed E-state index contributed by atoms with van der Waals surface area (Å²) in [6.07, 6.45) is 0. The van der Waals surface area contributed by atoms with E-state index in [-0.39, 0.29) is 0 Å². The van der Waals surface area contributed by atoms with Crippen LogP contribution in [0.1, 0.15) is 0 Å². The van der Waals surface area contributed by atoms with Gasteiger partial charge in [0.25, 0.3) is 0 Å². The summed E-state index contributed by atoms with van der Waals surface area (Å²) in [5, 5.41) is 13.2. The van der Waals surface area contributed by atoms with E-state index in [1.807, 2.05) is 22.7 Å². The largest absolute Gasteiger partial charge is 0.134 e. The van der Waals surface area contributed by atoms with E-state index in [1.54, 1.807) is 0 Å². The van der Waals surface area contributed by atoms with Crippen molar-refractivity contribution in [2.24, 2.45) is 0 Å². The van der Waals surface area contributed by atoms with Crippen LogP contribution in [0.4, 0.5) is 0 Å². The molecule has 0 saturated heterocycles. The Morgan fingerprint density at radius 2 is 0.760 bits per heavy atom. The van der Waals surface area contributed by atoms with Gasteiger partial charge in [-0.1, -0.05) is 152 Å². The van der Waals surface area contributed by atoms with Gasteiger partial charge in [-0.05, 0) is 83.9 Å². The minimum Gasteiger partial charge on any atom is -0.134 e. The predicted molar refractivity (Wildman–Crippen MR) is 221 cm³/mol. The van der Waals surface area contributed by atoms with Crippen molar-refractivity contribution in [3.8, 4) is 33.4 Å². The van der Waals surface area contributed by atoms with Crippen molar-refractivity contribution in [2.75, 3.05) is 0 Å². The van der Waals surface area contributed by atoms with Crippen molar-refractivity contribution in [3.05, 3.63) is 170 Å². The number of benzene rings is 9. The second-order valence-electron chi connectivity index (χ2n) is 13.2. The third-order valence-electron chi connectivity index (χ3n) is 10.5. The first-order valence-electron chi connectivity index (χ1n) is 17.1. The lowest BCUT2D eigenvalue weighted by molar-refractivity contribution is 1.63. The van der Waals surface area contributed by atoms with Gasteiger partial charge < -0.3 is 0 Å². The van der Waals surface area contributed by atoms with Crippen molar-refractivity contribution < 1.29 is 0 Å². The first-order valence-corrected chi connectivity index (χ1v) is 18.7. The van der Waals surface area contributed by atoms with Crippen molar-refractivity contribution in [3.63, 3.8) is 0 Å². The average molecular weight is 669 g/mol. The molecule has 2 aromatic heterocycles. The fraction of sp³-hybridized carbons (Fsp3) is 0. The smallest absolute Gasteiger partial charge is 0.0540 e. The molecule has 0 radical (unpaired) electrons. The quantitative estimate of drug-likeness (QED) is 0.176. The van der Waals surface area contributed by atoms with E-state index in [9.17, 15) is 0 Å². The fourth-order valence-electron chi connectivity index (χ4n) is 8.01. The number of fused-ring (bicyclic) bond motifs is 12. The summed E-state index contributed by atoms with van der Waals surface area (Å²) in [5.74, 6) is 0. The maximum atomic E-state index is 2.40. The molecule has 0 unspecified atom stereocenters. The Kier molecular flexibility index (Phi) is 6.09. The van der Waals surface area contributed by atoms with Gasteiger partial charge in [-0.2, -0.15) is 0 Å². The third-order valence-corrected chi connectivity index (χ3v) is 12.9. The molecule has 0 atom stereocenters. The monoisotopic (exact) mass is 668 g/mol. The molecule has 232 valence electrons. The Bertz CT molecular complexity index is 3130. The SMILES string of the molecule is c1ccc2cc(-c3ccc4c(c3)sc3c5sc6cc(-c7ccc(-c8cccc9ccccc89)cc7)ccc6c5c5ccccc5c43)ccc2c1. The number of hydrogen-bond donors (Lipinski definition) is 0. The summed E-state index contributed by atoms with van der Waals surface area (Å²) in [7, 11) is 0. The third kappa shape index (κ3) is 4.23. The van der Waals surface area contributed by atoms with Crippen LogP contribution < -0.4 is 0 Å². The molecule has 11 aromatic rings. The average Bonchev–Trinajstić information content (AvgIpc) is 3.76. The first-order chi connectivity index (χ1) is 24.8. The van der Waals surface area contributed by atoms with Crippen LogP contribution in [-0.2, 0) is 0 Å². The highest BCUT2D eigenvalue weighted by Crippen LogP contribution is 2.50. The Morgan fingerprint density at radius 3 is 1.44 bits per heavy atom. The summed E-state index contributed by atoms with van der Waals surface area (Å²) < 4.78 is 5.47. The topological polar surface area (TPSA) is 0 Å². The normalized spacial score (nSPS) is 12.0. The molecule has 0 bridgehead atoms. The van der Waals surface area contributed by atoms with Gasteiger partial charge in [0, 0.05) is 30.9 Å². The highest BCUT2D eigenvalue weighted by molar-refractivity contribution is 7.33. The minimum atomic E-state index is 1.24. The van der Waals surface area contributed by atoms with Crippen molar-refractivity contribution in [2.45, 2.75) is 0 Å². The van der Waals surface area contributed by atoms with Crippen LogP contribution in [0.5, 0.6) is 0 Å². The van der Waals surface area contributed by atoms with Gasteiger partial charge >= 0.3 is 0 Å². The number of hydrogen-bond acceptors (Lipinski definition) is 2. The summed E-state index contributed by atoms with van der Waals surface area (Å²) in [6, 6.07) is 62.8. The molecule has 50 heavy (non-hydrogen) atoms. The lowest BCUT2D eigenvalue weighted by Crippen LogP contribution is -1.83. The van der Waals surface area contributed by atoms with Crippen molar-refractivity contribution in [1.82, 2.24) is 0 Å². The van der Waals surface area contributed by atoms with E-state index in [4.69, 9.17) is 0 Å². The molecule has 11 rings (SSSR count).